The lowest BCUT2D eigenvalue weighted by molar-refractivity contribution is -0.132. The van der Waals surface area contributed by atoms with Crippen LogP contribution in [-0.2, 0) is 4.79 Å². The van der Waals surface area contributed by atoms with Crippen LogP contribution in [0.15, 0.2) is 12.1 Å². The number of likely N-dealkylation sites (N-methyl/N-ethyl adjacent to an activating group) is 1. The molecule has 18 heavy (non-hydrogen) atoms. The highest BCUT2D eigenvalue weighted by molar-refractivity contribution is 6.31. The van der Waals surface area contributed by atoms with Crippen molar-refractivity contribution in [2.24, 2.45) is 0 Å². The molecule has 0 fully saturated rings. The van der Waals surface area contributed by atoms with Gasteiger partial charge < -0.3 is 14.7 Å². The summed E-state index contributed by atoms with van der Waals surface area (Å²) >= 11 is 5.85. The van der Waals surface area contributed by atoms with Gasteiger partial charge in [0, 0.05) is 12.1 Å². The summed E-state index contributed by atoms with van der Waals surface area (Å²) in [6, 6.07) is 2.82. The van der Waals surface area contributed by atoms with E-state index in [0.717, 1.165) is 0 Å². The third-order valence-corrected chi connectivity index (χ3v) is 3.02. The Balaban J connectivity index is 2.71. The molecule has 0 saturated heterocycles. The molecule has 1 aliphatic rings. The van der Waals surface area contributed by atoms with Gasteiger partial charge in [-0.1, -0.05) is 11.6 Å². The molecule has 2 rings (SSSR count). The van der Waals surface area contributed by atoms with Crippen molar-refractivity contribution in [3.05, 3.63) is 22.7 Å². The van der Waals surface area contributed by atoms with Crippen molar-refractivity contribution in [3.63, 3.8) is 0 Å². The average molecular weight is 270 g/mol. The Morgan fingerprint density at radius 3 is 2.61 bits per heavy atom. The molecule has 1 heterocycles. The van der Waals surface area contributed by atoms with Crippen LogP contribution in [0.5, 0.6) is 5.75 Å². The number of halogens is 1. The van der Waals surface area contributed by atoms with Crippen LogP contribution >= 0.6 is 11.6 Å². The number of carbonyl (C=O) groups is 2. The predicted molar refractivity (Wildman–Crippen MR) is 66.5 cm³/mol. The molecule has 1 N–H and O–H groups in total. The van der Waals surface area contributed by atoms with Gasteiger partial charge in [0.2, 0.25) is 0 Å². The van der Waals surface area contributed by atoms with Crippen LogP contribution in [0.3, 0.4) is 0 Å². The fraction of sp³-hybridized carbons (Fsp3) is 0.333. The van der Waals surface area contributed by atoms with E-state index in [1.807, 2.05) is 0 Å². The minimum atomic E-state index is -1.15. The van der Waals surface area contributed by atoms with Gasteiger partial charge in [0.25, 0.3) is 5.91 Å². The van der Waals surface area contributed by atoms with Crippen molar-refractivity contribution in [1.29, 1.82) is 0 Å². The summed E-state index contributed by atoms with van der Waals surface area (Å²) in [4.78, 5) is 24.6. The van der Waals surface area contributed by atoms with Crippen molar-refractivity contribution in [2.45, 2.75) is 19.4 Å². The van der Waals surface area contributed by atoms with Crippen molar-refractivity contribution in [1.82, 2.24) is 0 Å². The summed E-state index contributed by atoms with van der Waals surface area (Å²) in [5, 5.41) is 9.39. The number of aromatic carboxylic acids is 1. The molecule has 6 heteroatoms. The maximum Gasteiger partial charge on any atom is 0.339 e. The molecule has 1 aliphatic heterocycles. The minimum absolute atomic E-state index is 0.0510. The summed E-state index contributed by atoms with van der Waals surface area (Å²) < 4.78 is 5.52. The molecular formula is C12H12ClNO4. The first kappa shape index (κ1) is 12.7. The molecule has 0 radical (unpaired) electrons. The molecule has 0 bridgehead atoms. The van der Waals surface area contributed by atoms with Crippen LogP contribution in [-0.4, -0.2) is 29.6 Å². The zero-order chi connectivity index (χ0) is 13.7. The van der Waals surface area contributed by atoms with Crippen LogP contribution in [0.2, 0.25) is 5.02 Å². The molecule has 0 aromatic heterocycles. The zero-order valence-corrected chi connectivity index (χ0v) is 10.9. The molecule has 96 valence electrons. The van der Waals surface area contributed by atoms with Gasteiger partial charge in [0.15, 0.2) is 11.4 Å². The number of ether oxygens (including phenoxy) is 1. The first-order chi connectivity index (χ1) is 8.24. The highest BCUT2D eigenvalue weighted by Gasteiger charge is 2.41. The molecule has 0 saturated carbocycles. The average Bonchev–Trinajstić information content (AvgIpc) is 2.26. The highest BCUT2D eigenvalue weighted by Crippen LogP contribution is 2.41. The molecule has 0 spiro atoms. The Hall–Kier alpha value is -1.75. The summed E-state index contributed by atoms with van der Waals surface area (Å²) in [6.45, 7) is 3.18. The van der Waals surface area contributed by atoms with E-state index in [1.165, 1.54) is 17.0 Å². The van der Waals surface area contributed by atoms with Crippen LogP contribution in [0.1, 0.15) is 24.2 Å². The van der Waals surface area contributed by atoms with Crippen LogP contribution in [0.25, 0.3) is 0 Å². The summed E-state index contributed by atoms with van der Waals surface area (Å²) in [7, 11) is 1.56. The number of carboxylic acid groups (broad SMARTS) is 1. The van der Waals surface area contributed by atoms with Gasteiger partial charge in [0.05, 0.1) is 5.69 Å². The third-order valence-electron chi connectivity index (χ3n) is 2.80. The van der Waals surface area contributed by atoms with E-state index >= 15 is 0 Å². The summed E-state index contributed by atoms with van der Waals surface area (Å²) in [5.74, 6) is -1.24. The van der Waals surface area contributed by atoms with E-state index in [9.17, 15) is 9.59 Å². The fourth-order valence-electron chi connectivity index (χ4n) is 1.91. The number of amides is 1. The molecule has 0 aliphatic carbocycles. The van der Waals surface area contributed by atoms with E-state index in [2.05, 4.69) is 0 Å². The standard InChI is InChI=1S/C12H12ClNO4/c1-12(2)11(17)14(3)8-5-6(13)4-7(10(15)16)9(8)18-12/h4-5H,1-3H3,(H,15,16). The number of anilines is 1. The van der Waals surface area contributed by atoms with Gasteiger partial charge in [-0.15, -0.1) is 0 Å². The molecular weight excluding hydrogens is 258 g/mol. The van der Waals surface area contributed by atoms with E-state index in [4.69, 9.17) is 21.4 Å². The Kier molecular flexibility index (Phi) is 2.74. The van der Waals surface area contributed by atoms with E-state index < -0.39 is 11.6 Å². The number of carbonyl (C=O) groups excluding carboxylic acids is 1. The summed E-state index contributed by atoms with van der Waals surface area (Å²) in [5.41, 5.74) is -0.783. The van der Waals surface area contributed by atoms with Crippen molar-refractivity contribution < 1.29 is 19.4 Å². The number of hydrogen-bond acceptors (Lipinski definition) is 3. The molecule has 1 aromatic rings. The van der Waals surface area contributed by atoms with Gasteiger partial charge >= 0.3 is 5.97 Å². The maximum absolute atomic E-state index is 12.0. The normalized spacial score (nSPS) is 17.1. The van der Waals surface area contributed by atoms with Crippen molar-refractivity contribution in [3.8, 4) is 5.75 Å². The smallest absolute Gasteiger partial charge is 0.339 e. The van der Waals surface area contributed by atoms with Crippen LogP contribution in [0.4, 0.5) is 5.69 Å². The number of benzene rings is 1. The lowest BCUT2D eigenvalue weighted by Crippen LogP contribution is -2.51. The number of rotatable bonds is 1. The number of nitrogens with zero attached hydrogens (tertiary/aromatic N) is 1. The van der Waals surface area contributed by atoms with Gasteiger partial charge in [-0.25, -0.2) is 4.79 Å². The number of carboxylic acids is 1. The largest absolute Gasteiger partial charge is 0.478 e. The van der Waals surface area contributed by atoms with E-state index in [1.54, 1.807) is 20.9 Å². The van der Waals surface area contributed by atoms with Crippen LogP contribution < -0.4 is 9.64 Å². The number of hydrogen-bond donors (Lipinski definition) is 1. The second-order valence-electron chi connectivity index (χ2n) is 4.58. The van der Waals surface area contributed by atoms with Crippen molar-refractivity contribution >= 4 is 29.2 Å². The second kappa shape index (κ2) is 3.88. The predicted octanol–water partition coefficient (Wildman–Crippen LogP) is 2.17. The van der Waals surface area contributed by atoms with Gasteiger partial charge in [-0.2, -0.15) is 0 Å². The molecule has 5 nitrogen and oxygen atoms in total. The molecule has 0 atom stereocenters. The lowest BCUT2D eigenvalue weighted by Gasteiger charge is -2.37. The second-order valence-corrected chi connectivity index (χ2v) is 5.02. The fourth-order valence-corrected chi connectivity index (χ4v) is 2.12. The highest BCUT2D eigenvalue weighted by atomic mass is 35.5. The first-order valence-corrected chi connectivity index (χ1v) is 5.66. The van der Waals surface area contributed by atoms with Crippen molar-refractivity contribution in [2.75, 3.05) is 11.9 Å². The summed E-state index contributed by atoms with van der Waals surface area (Å²) in [6.07, 6.45) is 0. The maximum atomic E-state index is 12.0. The zero-order valence-electron chi connectivity index (χ0n) is 10.2. The monoisotopic (exact) mass is 269 g/mol. The SMILES string of the molecule is CN1C(=O)C(C)(C)Oc2c(C(=O)O)cc(Cl)cc21. The van der Waals surface area contributed by atoms with E-state index in [-0.39, 0.29) is 22.2 Å². The Labute approximate surface area is 109 Å². The topological polar surface area (TPSA) is 66.8 Å². The van der Waals surface area contributed by atoms with E-state index in [0.29, 0.717) is 5.69 Å². The molecule has 1 amide bonds. The minimum Gasteiger partial charge on any atom is -0.478 e. The van der Waals surface area contributed by atoms with Gasteiger partial charge in [-0.05, 0) is 26.0 Å². The molecule has 0 unspecified atom stereocenters. The van der Waals surface area contributed by atoms with Gasteiger partial charge in [-0.3, -0.25) is 4.79 Å². The third kappa shape index (κ3) is 1.80. The number of fused-ring (bicyclic) bond motifs is 1. The quantitative estimate of drug-likeness (QED) is 0.848. The van der Waals surface area contributed by atoms with Gasteiger partial charge in [0.1, 0.15) is 5.56 Å². The first-order valence-electron chi connectivity index (χ1n) is 5.28. The Bertz CT molecular complexity index is 553. The Morgan fingerprint density at radius 2 is 2.06 bits per heavy atom. The molecule has 1 aromatic carbocycles. The van der Waals surface area contributed by atoms with Crippen LogP contribution in [0, 0.1) is 0 Å². The lowest BCUT2D eigenvalue weighted by atomic mass is 10.0. The Morgan fingerprint density at radius 1 is 1.44 bits per heavy atom.